The summed E-state index contributed by atoms with van der Waals surface area (Å²) in [6.07, 6.45) is 0.466. The van der Waals surface area contributed by atoms with Crippen molar-refractivity contribution in [3.63, 3.8) is 0 Å². The predicted molar refractivity (Wildman–Crippen MR) is 81.1 cm³/mol. The lowest BCUT2D eigenvalue weighted by atomic mass is 10.2. The number of aliphatic hydroxyl groups is 1. The highest BCUT2D eigenvalue weighted by atomic mass is 79.9. The van der Waals surface area contributed by atoms with Gasteiger partial charge in [-0.3, -0.25) is 0 Å². The molecule has 1 fully saturated rings. The van der Waals surface area contributed by atoms with Crippen molar-refractivity contribution >= 4 is 21.9 Å². The van der Waals surface area contributed by atoms with E-state index in [1.54, 1.807) is 6.07 Å². The van der Waals surface area contributed by atoms with Gasteiger partial charge in [0.25, 0.3) is 0 Å². The molecule has 110 valence electrons. The van der Waals surface area contributed by atoms with Crippen molar-refractivity contribution in [1.82, 2.24) is 10.2 Å². The average Bonchev–Trinajstić information content (AvgIpc) is 2.84. The van der Waals surface area contributed by atoms with Gasteiger partial charge in [-0.25, -0.2) is 9.38 Å². The van der Waals surface area contributed by atoms with Crippen molar-refractivity contribution in [3.05, 3.63) is 34.1 Å². The van der Waals surface area contributed by atoms with E-state index in [9.17, 15) is 9.50 Å². The fourth-order valence-electron chi connectivity index (χ4n) is 2.18. The Morgan fingerprint density at radius 3 is 3.05 bits per heavy atom. The van der Waals surface area contributed by atoms with Gasteiger partial charge >= 0.3 is 0 Å². The molecule has 4 nitrogen and oxygen atoms in total. The molecule has 1 saturated heterocycles. The highest BCUT2D eigenvalue weighted by Gasteiger charge is 2.22. The first-order valence-corrected chi connectivity index (χ1v) is 7.54. The molecular formula is C14H19BrFN3O. The summed E-state index contributed by atoms with van der Waals surface area (Å²) in [7, 11) is 0. The number of hydrogen-bond acceptors (Lipinski definition) is 2. The smallest absolute Gasteiger partial charge is 0.194 e. The largest absolute Gasteiger partial charge is 0.391 e. The Bertz CT molecular complexity index is 495. The monoisotopic (exact) mass is 343 g/mol. The van der Waals surface area contributed by atoms with Crippen molar-refractivity contribution < 1.29 is 9.50 Å². The van der Waals surface area contributed by atoms with E-state index in [1.165, 1.54) is 12.1 Å². The minimum atomic E-state index is -0.292. The Labute approximate surface area is 126 Å². The van der Waals surface area contributed by atoms with Crippen LogP contribution in [0.25, 0.3) is 0 Å². The number of guanidine groups is 1. The molecular weight excluding hydrogens is 325 g/mol. The number of β-amino-alcohol motifs (C(OH)–C–C–N with tert-alkyl or cyclic N) is 1. The summed E-state index contributed by atoms with van der Waals surface area (Å²) >= 11 is 3.40. The molecule has 6 heteroatoms. The number of nitrogens with zero attached hydrogens (tertiary/aromatic N) is 2. The number of benzene rings is 1. The number of aliphatic hydroxyl groups excluding tert-OH is 1. The van der Waals surface area contributed by atoms with Crippen molar-refractivity contribution in [2.45, 2.75) is 26.0 Å². The zero-order chi connectivity index (χ0) is 14.5. The van der Waals surface area contributed by atoms with E-state index >= 15 is 0 Å². The lowest BCUT2D eigenvalue weighted by molar-refractivity contribution is 0.188. The Kier molecular flexibility index (Phi) is 5.37. The van der Waals surface area contributed by atoms with Gasteiger partial charge in [-0.2, -0.15) is 0 Å². The van der Waals surface area contributed by atoms with Crippen LogP contribution in [0.5, 0.6) is 0 Å². The van der Waals surface area contributed by atoms with Gasteiger partial charge < -0.3 is 15.3 Å². The number of aliphatic imine (C=N–C) groups is 1. The van der Waals surface area contributed by atoms with Gasteiger partial charge in [0.05, 0.1) is 12.6 Å². The van der Waals surface area contributed by atoms with Crippen LogP contribution in [0, 0.1) is 5.82 Å². The first-order chi connectivity index (χ1) is 9.60. The number of nitrogens with one attached hydrogen (secondary N) is 1. The molecule has 2 N–H and O–H groups in total. The molecule has 1 aliphatic rings. The van der Waals surface area contributed by atoms with Gasteiger partial charge in [0.1, 0.15) is 5.82 Å². The van der Waals surface area contributed by atoms with E-state index in [1.807, 2.05) is 11.8 Å². The third kappa shape index (κ3) is 3.93. The van der Waals surface area contributed by atoms with Crippen LogP contribution in [0.1, 0.15) is 18.9 Å². The Morgan fingerprint density at radius 2 is 2.40 bits per heavy atom. The first kappa shape index (κ1) is 15.3. The maximum Gasteiger partial charge on any atom is 0.194 e. The van der Waals surface area contributed by atoms with Crippen LogP contribution in [-0.2, 0) is 6.54 Å². The van der Waals surface area contributed by atoms with Crippen LogP contribution >= 0.6 is 15.9 Å². The van der Waals surface area contributed by atoms with E-state index < -0.39 is 0 Å². The standard InChI is InChI=1S/C14H19BrFN3O/c1-2-17-14(19-6-5-12(20)9-19)18-8-10-7-11(16)3-4-13(10)15/h3-4,7,12,20H,2,5-6,8-9H2,1H3,(H,17,18)/t12-/m1/s1. The number of likely N-dealkylation sites (tertiary alicyclic amines) is 1. The van der Waals surface area contributed by atoms with Crippen LogP contribution < -0.4 is 5.32 Å². The predicted octanol–water partition coefficient (Wildman–Crippen LogP) is 2.12. The number of halogens is 2. The van der Waals surface area contributed by atoms with E-state index in [-0.39, 0.29) is 11.9 Å². The maximum absolute atomic E-state index is 13.2. The van der Waals surface area contributed by atoms with Gasteiger partial charge in [-0.15, -0.1) is 0 Å². The maximum atomic E-state index is 13.2. The van der Waals surface area contributed by atoms with E-state index in [4.69, 9.17) is 0 Å². The van der Waals surface area contributed by atoms with E-state index in [2.05, 4.69) is 26.2 Å². The summed E-state index contributed by atoms with van der Waals surface area (Å²) in [5.74, 6) is 0.500. The highest BCUT2D eigenvalue weighted by Crippen LogP contribution is 2.19. The zero-order valence-corrected chi connectivity index (χ0v) is 13.0. The van der Waals surface area contributed by atoms with Crippen molar-refractivity contribution in [2.24, 2.45) is 4.99 Å². The third-order valence-corrected chi connectivity index (χ3v) is 3.98. The molecule has 0 radical (unpaired) electrons. The SMILES string of the molecule is CCNC(=NCc1cc(F)ccc1Br)N1CC[C@@H](O)C1. The molecule has 1 aromatic rings. The Morgan fingerprint density at radius 1 is 1.60 bits per heavy atom. The summed E-state index contributed by atoms with van der Waals surface area (Å²) in [5.41, 5.74) is 0.806. The summed E-state index contributed by atoms with van der Waals surface area (Å²) in [6, 6.07) is 4.59. The second kappa shape index (κ2) is 7.04. The summed E-state index contributed by atoms with van der Waals surface area (Å²) in [6.45, 7) is 4.54. The molecule has 2 rings (SSSR count). The van der Waals surface area contributed by atoms with Gasteiger partial charge in [-0.1, -0.05) is 15.9 Å². The van der Waals surface area contributed by atoms with Crippen molar-refractivity contribution in [2.75, 3.05) is 19.6 Å². The molecule has 0 aliphatic carbocycles. The molecule has 0 spiro atoms. The number of hydrogen-bond donors (Lipinski definition) is 2. The Hall–Kier alpha value is -1.14. The van der Waals surface area contributed by atoms with Crippen molar-refractivity contribution in [3.8, 4) is 0 Å². The molecule has 0 unspecified atom stereocenters. The molecule has 1 aliphatic heterocycles. The fourth-order valence-corrected chi connectivity index (χ4v) is 2.56. The van der Waals surface area contributed by atoms with Crippen LogP contribution in [0.15, 0.2) is 27.7 Å². The fraction of sp³-hybridized carbons (Fsp3) is 0.500. The molecule has 1 heterocycles. The molecule has 20 heavy (non-hydrogen) atoms. The highest BCUT2D eigenvalue weighted by molar-refractivity contribution is 9.10. The normalized spacial score (nSPS) is 19.5. The second-order valence-corrected chi connectivity index (χ2v) is 5.65. The molecule has 0 aromatic heterocycles. The average molecular weight is 344 g/mol. The first-order valence-electron chi connectivity index (χ1n) is 6.75. The van der Waals surface area contributed by atoms with Crippen LogP contribution in [0.3, 0.4) is 0 Å². The summed E-state index contributed by atoms with van der Waals surface area (Å²) in [5, 5.41) is 12.8. The Balaban J connectivity index is 2.10. The van der Waals surface area contributed by atoms with Crippen LogP contribution in [0.2, 0.25) is 0 Å². The van der Waals surface area contributed by atoms with E-state index in [0.717, 1.165) is 35.5 Å². The molecule has 1 aromatic carbocycles. The van der Waals surface area contributed by atoms with Gasteiger partial charge in [0.15, 0.2) is 5.96 Å². The van der Waals surface area contributed by atoms with Gasteiger partial charge in [-0.05, 0) is 37.1 Å². The molecule has 0 saturated carbocycles. The van der Waals surface area contributed by atoms with Gasteiger partial charge in [0, 0.05) is 24.1 Å². The minimum absolute atomic E-state index is 0.264. The third-order valence-electron chi connectivity index (χ3n) is 3.20. The lowest BCUT2D eigenvalue weighted by Gasteiger charge is -2.21. The van der Waals surface area contributed by atoms with Crippen LogP contribution in [-0.4, -0.2) is 41.7 Å². The molecule has 0 bridgehead atoms. The van der Waals surface area contributed by atoms with Gasteiger partial charge in [0.2, 0.25) is 0 Å². The quantitative estimate of drug-likeness (QED) is 0.652. The molecule has 0 amide bonds. The minimum Gasteiger partial charge on any atom is -0.391 e. The molecule has 1 atom stereocenters. The topological polar surface area (TPSA) is 47.9 Å². The lowest BCUT2D eigenvalue weighted by Crippen LogP contribution is -2.40. The van der Waals surface area contributed by atoms with Crippen molar-refractivity contribution in [1.29, 1.82) is 0 Å². The van der Waals surface area contributed by atoms with E-state index in [0.29, 0.717) is 13.1 Å². The van der Waals surface area contributed by atoms with Crippen LogP contribution in [0.4, 0.5) is 4.39 Å². The zero-order valence-electron chi connectivity index (χ0n) is 11.4. The summed E-state index contributed by atoms with van der Waals surface area (Å²) in [4.78, 5) is 6.55. The number of rotatable bonds is 3. The second-order valence-electron chi connectivity index (χ2n) is 4.79. The summed E-state index contributed by atoms with van der Waals surface area (Å²) < 4.78 is 14.1.